The minimum atomic E-state index is 0.450. The SMILES string of the molecule is Clc1cccc(N/N=C/c2cccs2)n1. The minimum absolute atomic E-state index is 0.450. The maximum atomic E-state index is 5.72. The molecule has 0 radical (unpaired) electrons. The summed E-state index contributed by atoms with van der Waals surface area (Å²) < 4.78 is 0. The summed E-state index contributed by atoms with van der Waals surface area (Å²) in [6.07, 6.45) is 1.74. The number of hydrazone groups is 1. The molecule has 0 amide bonds. The van der Waals surface area contributed by atoms with E-state index in [4.69, 9.17) is 11.6 Å². The summed E-state index contributed by atoms with van der Waals surface area (Å²) in [5, 5.41) is 6.49. The molecule has 0 atom stereocenters. The van der Waals surface area contributed by atoms with Gasteiger partial charge in [0, 0.05) is 4.88 Å². The first-order valence-corrected chi connectivity index (χ1v) is 5.55. The topological polar surface area (TPSA) is 37.3 Å². The molecule has 5 heteroatoms. The second kappa shape index (κ2) is 4.91. The van der Waals surface area contributed by atoms with Crippen molar-refractivity contribution in [3.63, 3.8) is 0 Å². The van der Waals surface area contributed by atoms with Crippen LogP contribution in [0, 0.1) is 0 Å². The third kappa shape index (κ3) is 3.04. The summed E-state index contributed by atoms with van der Waals surface area (Å²) >= 11 is 7.35. The average molecular weight is 238 g/mol. The van der Waals surface area contributed by atoms with Crippen molar-refractivity contribution in [1.82, 2.24) is 4.98 Å². The van der Waals surface area contributed by atoms with Crippen LogP contribution in [0.25, 0.3) is 0 Å². The van der Waals surface area contributed by atoms with E-state index in [2.05, 4.69) is 15.5 Å². The molecule has 0 aliphatic rings. The van der Waals surface area contributed by atoms with Crippen molar-refractivity contribution in [1.29, 1.82) is 0 Å². The monoisotopic (exact) mass is 237 g/mol. The molecule has 0 spiro atoms. The van der Waals surface area contributed by atoms with Crippen LogP contribution in [-0.4, -0.2) is 11.2 Å². The maximum absolute atomic E-state index is 5.72. The standard InChI is InChI=1S/C10H8ClN3S/c11-9-4-1-5-10(13-9)14-12-7-8-3-2-6-15-8/h1-7H,(H,13,14)/b12-7+. The number of aromatic nitrogens is 1. The molecule has 0 aliphatic heterocycles. The lowest BCUT2D eigenvalue weighted by Crippen LogP contribution is -1.92. The van der Waals surface area contributed by atoms with Gasteiger partial charge in [-0.3, -0.25) is 5.43 Å². The lowest BCUT2D eigenvalue weighted by atomic mass is 10.5. The molecule has 2 aromatic heterocycles. The van der Waals surface area contributed by atoms with Gasteiger partial charge in [0.15, 0.2) is 0 Å². The zero-order valence-electron chi connectivity index (χ0n) is 7.72. The highest BCUT2D eigenvalue weighted by molar-refractivity contribution is 7.11. The highest BCUT2D eigenvalue weighted by atomic mass is 35.5. The first-order chi connectivity index (χ1) is 7.34. The van der Waals surface area contributed by atoms with E-state index in [-0.39, 0.29) is 0 Å². The minimum Gasteiger partial charge on any atom is -0.261 e. The zero-order valence-corrected chi connectivity index (χ0v) is 9.29. The van der Waals surface area contributed by atoms with E-state index in [0.717, 1.165) is 4.88 Å². The van der Waals surface area contributed by atoms with Gasteiger partial charge in [0.05, 0.1) is 6.21 Å². The lowest BCUT2D eigenvalue weighted by Gasteiger charge is -1.97. The van der Waals surface area contributed by atoms with Crippen LogP contribution in [0.1, 0.15) is 4.88 Å². The Kier molecular flexibility index (Phi) is 3.32. The van der Waals surface area contributed by atoms with Gasteiger partial charge in [-0.2, -0.15) is 5.10 Å². The maximum Gasteiger partial charge on any atom is 0.147 e. The number of halogens is 1. The summed E-state index contributed by atoms with van der Waals surface area (Å²) in [6.45, 7) is 0. The Labute approximate surface area is 96.4 Å². The van der Waals surface area contributed by atoms with Crippen molar-refractivity contribution in [2.24, 2.45) is 5.10 Å². The van der Waals surface area contributed by atoms with E-state index < -0.39 is 0 Å². The molecule has 0 unspecified atom stereocenters. The smallest absolute Gasteiger partial charge is 0.147 e. The number of anilines is 1. The van der Waals surface area contributed by atoms with Gasteiger partial charge in [-0.25, -0.2) is 4.98 Å². The van der Waals surface area contributed by atoms with Crippen LogP contribution in [-0.2, 0) is 0 Å². The first-order valence-electron chi connectivity index (χ1n) is 4.30. The number of thiophene rings is 1. The second-order valence-corrected chi connectivity index (χ2v) is 4.10. The van der Waals surface area contributed by atoms with Crippen molar-refractivity contribution in [3.8, 4) is 0 Å². The lowest BCUT2D eigenvalue weighted by molar-refractivity contribution is 1.23. The van der Waals surface area contributed by atoms with E-state index in [1.165, 1.54) is 0 Å². The molecular weight excluding hydrogens is 230 g/mol. The van der Waals surface area contributed by atoms with Crippen molar-refractivity contribution in [3.05, 3.63) is 45.7 Å². The Balaban J connectivity index is 1.99. The summed E-state index contributed by atoms with van der Waals surface area (Å²) in [5.74, 6) is 0.635. The molecule has 0 bridgehead atoms. The van der Waals surface area contributed by atoms with Gasteiger partial charge < -0.3 is 0 Å². The summed E-state index contributed by atoms with van der Waals surface area (Å²) in [5.41, 5.74) is 2.80. The van der Waals surface area contributed by atoms with Gasteiger partial charge in [0.2, 0.25) is 0 Å². The van der Waals surface area contributed by atoms with E-state index >= 15 is 0 Å². The summed E-state index contributed by atoms with van der Waals surface area (Å²) in [7, 11) is 0. The van der Waals surface area contributed by atoms with Crippen LogP contribution in [0.3, 0.4) is 0 Å². The normalized spacial score (nSPS) is 10.7. The predicted molar refractivity (Wildman–Crippen MR) is 64.8 cm³/mol. The Bertz CT molecular complexity index is 453. The molecular formula is C10H8ClN3S. The van der Waals surface area contributed by atoms with Crippen LogP contribution >= 0.6 is 22.9 Å². The van der Waals surface area contributed by atoms with Crippen molar-refractivity contribution >= 4 is 35.0 Å². The Morgan fingerprint density at radius 1 is 1.33 bits per heavy atom. The molecule has 2 aromatic rings. The predicted octanol–water partition coefficient (Wildman–Crippen LogP) is 3.24. The molecule has 0 aliphatic carbocycles. The third-order valence-corrected chi connectivity index (χ3v) is 2.65. The van der Waals surface area contributed by atoms with E-state index in [1.54, 1.807) is 29.7 Å². The highest BCUT2D eigenvalue weighted by Crippen LogP contribution is 2.09. The number of pyridine rings is 1. The fourth-order valence-electron chi connectivity index (χ4n) is 0.997. The zero-order chi connectivity index (χ0) is 10.5. The summed E-state index contributed by atoms with van der Waals surface area (Å²) in [4.78, 5) is 5.12. The van der Waals surface area contributed by atoms with Crippen molar-refractivity contribution in [2.75, 3.05) is 5.43 Å². The molecule has 76 valence electrons. The number of rotatable bonds is 3. The van der Waals surface area contributed by atoms with E-state index in [1.807, 2.05) is 23.6 Å². The van der Waals surface area contributed by atoms with Gasteiger partial charge in [0.1, 0.15) is 11.0 Å². The average Bonchev–Trinajstić information content (AvgIpc) is 2.71. The van der Waals surface area contributed by atoms with Gasteiger partial charge in [-0.05, 0) is 23.6 Å². The second-order valence-electron chi connectivity index (χ2n) is 2.73. The van der Waals surface area contributed by atoms with E-state index in [0.29, 0.717) is 11.0 Å². The van der Waals surface area contributed by atoms with Crippen LogP contribution in [0.2, 0.25) is 5.15 Å². The van der Waals surface area contributed by atoms with Crippen LogP contribution in [0.4, 0.5) is 5.82 Å². The third-order valence-electron chi connectivity index (χ3n) is 1.63. The number of hydrogen-bond acceptors (Lipinski definition) is 4. The fourth-order valence-corrected chi connectivity index (χ4v) is 1.75. The van der Waals surface area contributed by atoms with Crippen LogP contribution < -0.4 is 5.43 Å². The van der Waals surface area contributed by atoms with Gasteiger partial charge in [-0.1, -0.05) is 23.7 Å². The quantitative estimate of drug-likeness (QED) is 0.506. The molecule has 2 rings (SSSR count). The highest BCUT2D eigenvalue weighted by Gasteiger charge is 1.92. The van der Waals surface area contributed by atoms with Crippen LogP contribution in [0.5, 0.6) is 0 Å². The Hall–Kier alpha value is -1.39. The Morgan fingerprint density at radius 3 is 3.00 bits per heavy atom. The number of hydrogen-bond donors (Lipinski definition) is 1. The largest absolute Gasteiger partial charge is 0.261 e. The van der Waals surface area contributed by atoms with Crippen molar-refractivity contribution in [2.45, 2.75) is 0 Å². The Morgan fingerprint density at radius 2 is 2.27 bits per heavy atom. The molecule has 0 aromatic carbocycles. The molecule has 3 nitrogen and oxygen atoms in total. The van der Waals surface area contributed by atoms with Gasteiger partial charge in [-0.15, -0.1) is 11.3 Å². The van der Waals surface area contributed by atoms with E-state index in [9.17, 15) is 0 Å². The van der Waals surface area contributed by atoms with Crippen LogP contribution in [0.15, 0.2) is 40.8 Å². The van der Waals surface area contributed by atoms with Gasteiger partial charge in [0.25, 0.3) is 0 Å². The molecule has 0 saturated carbocycles. The molecule has 1 N–H and O–H groups in total. The molecule has 15 heavy (non-hydrogen) atoms. The summed E-state index contributed by atoms with van der Waals surface area (Å²) in [6, 6.07) is 9.30. The molecule has 0 fully saturated rings. The molecule has 2 heterocycles. The molecule has 0 saturated heterocycles. The number of nitrogens with one attached hydrogen (secondary N) is 1. The number of nitrogens with zero attached hydrogens (tertiary/aromatic N) is 2. The van der Waals surface area contributed by atoms with Crippen molar-refractivity contribution < 1.29 is 0 Å². The van der Waals surface area contributed by atoms with Gasteiger partial charge >= 0.3 is 0 Å². The fraction of sp³-hybridized carbons (Fsp3) is 0. The first kappa shape index (κ1) is 10.1.